The predicted octanol–water partition coefficient (Wildman–Crippen LogP) is 3.60. The van der Waals surface area contributed by atoms with Crippen LogP contribution in [0.15, 0.2) is 54.2 Å². The third-order valence-corrected chi connectivity index (χ3v) is 4.21. The zero-order chi connectivity index (χ0) is 18.2. The number of benzene rings is 2. The summed E-state index contributed by atoms with van der Waals surface area (Å²) in [5.74, 6) is -0.121. The average molecular weight is 449 g/mol. The molecule has 2 aromatic carbocycles. The number of carbonyl (C=O) groups excluding carboxylic acids is 1. The number of halogens is 1. The summed E-state index contributed by atoms with van der Waals surface area (Å²) in [7, 11) is 0. The summed E-state index contributed by atoms with van der Waals surface area (Å²) in [4.78, 5) is 11.9. The van der Waals surface area contributed by atoms with Gasteiger partial charge in [0.25, 0.3) is 5.91 Å². The zero-order valence-corrected chi connectivity index (χ0v) is 16.1. The Morgan fingerprint density at radius 3 is 2.88 bits per heavy atom. The summed E-state index contributed by atoms with van der Waals surface area (Å²) < 4.78 is 1.15. The number of aryl methyl sites for hydroxylation is 1. The number of allylic oxidation sites excluding steroid dienone is 1. The minimum absolute atomic E-state index is 0.112. The molecule has 130 valence electrons. The number of para-hydroxylation sites is 1. The Labute approximate surface area is 161 Å². The minimum Gasteiger partial charge on any atom is -0.507 e. The van der Waals surface area contributed by atoms with Gasteiger partial charge in [-0.3, -0.25) is 4.79 Å². The lowest BCUT2D eigenvalue weighted by Gasteiger charge is -2.09. The first-order valence-electron chi connectivity index (χ1n) is 7.75. The third-order valence-electron chi connectivity index (χ3n) is 3.54. The van der Waals surface area contributed by atoms with Gasteiger partial charge in [-0.1, -0.05) is 18.2 Å². The smallest absolute Gasteiger partial charge is 0.259 e. The SMILES string of the molecule is C=CCc1cccc(/C=N/NC(=O)CNc2ccc(I)cc2C)c1O. The summed E-state index contributed by atoms with van der Waals surface area (Å²) in [6, 6.07) is 11.3. The quantitative estimate of drug-likeness (QED) is 0.262. The summed E-state index contributed by atoms with van der Waals surface area (Å²) in [5.41, 5.74) is 5.74. The lowest BCUT2D eigenvalue weighted by molar-refractivity contribution is -0.119. The summed E-state index contributed by atoms with van der Waals surface area (Å²) in [6.45, 7) is 5.76. The lowest BCUT2D eigenvalue weighted by atomic mass is 10.1. The second kappa shape index (κ2) is 9.22. The maximum Gasteiger partial charge on any atom is 0.259 e. The van der Waals surface area contributed by atoms with Gasteiger partial charge in [0.2, 0.25) is 0 Å². The van der Waals surface area contributed by atoms with Crippen molar-refractivity contribution in [3.05, 3.63) is 69.3 Å². The van der Waals surface area contributed by atoms with Crippen LogP contribution in [-0.4, -0.2) is 23.8 Å². The molecule has 2 aromatic rings. The standard InChI is InChI=1S/C19H20IN3O2/c1-3-5-14-6-4-7-15(19(14)25)11-22-23-18(24)12-21-17-9-8-16(20)10-13(17)2/h3-4,6-11,21,25H,1,5,12H2,2H3,(H,23,24)/b22-11+. The Bertz CT molecular complexity index is 803. The van der Waals surface area contributed by atoms with Crippen molar-refractivity contribution in [1.82, 2.24) is 5.43 Å². The molecule has 2 rings (SSSR count). The number of nitrogens with one attached hydrogen (secondary N) is 2. The van der Waals surface area contributed by atoms with Crippen LogP contribution in [0, 0.1) is 10.5 Å². The van der Waals surface area contributed by atoms with E-state index in [-0.39, 0.29) is 18.2 Å². The van der Waals surface area contributed by atoms with Gasteiger partial charge in [-0.15, -0.1) is 6.58 Å². The number of hydrazone groups is 1. The Morgan fingerprint density at radius 2 is 2.16 bits per heavy atom. The molecular formula is C19H20IN3O2. The van der Waals surface area contributed by atoms with Crippen molar-refractivity contribution >= 4 is 40.4 Å². The number of hydrogen-bond acceptors (Lipinski definition) is 4. The van der Waals surface area contributed by atoms with E-state index in [1.165, 1.54) is 6.21 Å². The Balaban J connectivity index is 1.90. The third kappa shape index (κ3) is 5.60. The van der Waals surface area contributed by atoms with Crippen molar-refractivity contribution < 1.29 is 9.90 Å². The van der Waals surface area contributed by atoms with E-state index in [1.54, 1.807) is 12.1 Å². The highest BCUT2D eigenvalue weighted by atomic mass is 127. The molecule has 0 bridgehead atoms. The molecule has 25 heavy (non-hydrogen) atoms. The van der Waals surface area contributed by atoms with Gasteiger partial charge >= 0.3 is 0 Å². The number of rotatable bonds is 7. The number of amides is 1. The molecule has 0 saturated carbocycles. The van der Waals surface area contributed by atoms with Gasteiger partial charge < -0.3 is 10.4 Å². The monoisotopic (exact) mass is 449 g/mol. The highest BCUT2D eigenvalue weighted by molar-refractivity contribution is 14.1. The highest BCUT2D eigenvalue weighted by Gasteiger charge is 2.05. The zero-order valence-electron chi connectivity index (χ0n) is 13.9. The molecule has 0 aliphatic heterocycles. The molecule has 6 heteroatoms. The number of aromatic hydroxyl groups is 1. The molecule has 0 radical (unpaired) electrons. The van der Waals surface area contributed by atoms with Crippen LogP contribution in [0.1, 0.15) is 16.7 Å². The van der Waals surface area contributed by atoms with E-state index in [2.05, 4.69) is 45.0 Å². The van der Waals surface area contributed by atoms with Crippen LogP contribution in [0.5, 0.6) is 5.75 Å². The van der Waals surface area contributed by atoms with Gasteiger partial charge in [0.1, 0.15) is 5.75 Å². The number of phenols is 1. The van der Waals surface area contributed by atoms with Gasteiger partial charge in [0.15, 0.2) is 0 Å². The Hall–Kier alpha value is -2.35. The van der Waals surface area contributed by atoms with Crippen molar-refractivity contribution in [3.63, 3.8) is 0 Å². The number of nitrogens with zero attached hydrogens (tertiary/aromatic N) is 1. The summed E-state index contributed by atoms with van der Waals surface area (Å²) in [5, 5.41) is 17.1. The van der Waals surface area contributed by atoms with Gasteiger partial charge in [-0.05, 0) is 71.3 Å². The molecule has 0 fully saturated rings. The van der Waals surface area contributed by atoms with Crippen LogP contribution in [0.3, 0.4) is 0 Å². The van der Waals surface area contributed by atoms with E-state index in [1.807, 2.05) is 37.3 Å². The van der Waals surface area contributed by atoms with E-state index in [0.29, 0.717) is 12.0 Å². The molecular weight excluding hydrogens is 429 g/mol. The van der Waals surface area contributed by atoms with Crippen LogP contribution < -0.4 is 10.7 Å². The molecule has 0 heterocycles. The van der Waals surface area contributed by atoms with E-state index < -0.39 is 0 Å². The topological polar surface area (TPSA) is 73.7 Å². The largest absolute Gasteiger partial charge is 0.507 e. The minimum atomic E-state index is -0.268. The predicted molar refractivity (Wildman–Crippen MR) is 110 cm³/mol. The van der Waals surface area contributed by atoms with Crippen molar-refractivity contribution in [2.75, 3.05) is 11.9 Å². The van der Waals surface area contributed by atoms with Crippen LogP contribution in [-0.2, 0) is 11.2 Å². The number of anilines is 1. The normalized spacial score (nSPS) is 10.6. The van der Waals surface area contributed by atoms with E-state index >= 15 is 0 Å². The first kappa shape index (κ1) is 19.0. The van der Waals surface area contributed by atoms with Gasteiger partial charge in [0.05, 0.1) is 12.8 Å². The summed E-state index contributed by atoms with van der Waals surface area (Å²) in [6.07, 6.45) is 3.71. The fourth-order valence-electron chi connectivity index (χ4n) is 2.25. The van der Waals surface area contributed by atoms with Crippen LogP contribution in [0.4, 0.5) is 5.69 Å². The molecule has 3 N–H and O–H groups in total. The van der Waals surface area contributed by atoms with Gasteiger partial charge in [-0.25, -0.2) is 5.43 Å². The van der Waals surface area contributed by atoms with E-state index in [9.17, 15) is 9.90 Å². The van der Waals surface area contributed by atoms with Gasteiger partial charge in [-0.2, -0.15) is 5.10 Å². The molecule has 0 atom stereocenters. The molecule has 0 aliphatic carbocycles. The van der Waals surface area contributed by atoms with Crippen molar-refractivity contribution in [2.45, 2.75) is 13.3 Å². The van der Waals surface area contributed by atoms with Crippen molar-refractivity contribution in [1.29, 1.82) is 0 Å². The summed E-state index contributed by atoms with van der Waals surface area (Å²) >= 11 is 2.25. The average Bonchev–Trinajstić information content (AvgIpc) is 2.57. The molecule has 0 aliphatic rings. The Morgan fingerprint density at radius 1 is 1.36 bits per heavy atom. The molecule has 5 nitrogen and oxygen atoms in total. The lowest BCUT2D eigenvalue weighted by Crippen LogP contribution is -2.26. The van der Waals surface area contributed by atoms with Crippen molar-refractivity contribution in [3.8, 4) is 5.75 Å². The molecule has 0 saturated heterocycles. The van der Waals surface area contributed by atoms with Crippen LogP contribution in [0.25, 0.3) is 0 Å². The van der Waals surface area contributed by atoms with E-state index in [4.69, 9.17) is 0 Å². The Kier molecular flexibility index (Phi) is 7.00. The van der Waals surface area contributed by atoms with Gasteiger partial charge in [0, 0.05) is 14.8 Å². The molecule has 0 spiro atoms. The van der Waals surface area contributed by atoms with Crippen LogP contribution >= 0.6 is 22.6 Å². The molecule has 0 unspecified atom stereocenters. The molecule has 0 aromatic heterocycles. The fraction of sp³-hybridized carbons (Fsp3) is 0.158. The number of hydrogen-bond donors (Lipinski definition) is 3. The second-order valence-electron chi connectivity index (χ2n) is 5.45. The maximum absolute atomic E-state index is 11.9. The second-order valence-corrected chi connectivity index (χ2v) is 6.70. The first-order valence-corrected chi connectivity index (χ1v) is 8.83. The molecule has 1 amide bonds. The van der Waals surface area contributed by atoms with Crippen molar-refractivity contribution in [2.24, 2.45) is 5.10 Å². The highest BCUT2D eigenvalue weighted by Crippen LogP contribution is 2.21. The number of phenolic OH excluding ortho intramolecular Hbond substituents is 1. The number of carbonyl (C=O) groups is 1. The first-order chi connectivity index (χ1) is 12.0. The fourth-order valence-corrected chi connectivity index (χ4v) is 2.90. The maximum atomic E-state index is 11.9. The van der Waals surface area contributed by atoms with Crippen LogP contribution in [0.2, 0.25) is 0 Å². The van der Waals surface area contributed by atoms with E-state index in [0.717, 1.165) is 20.4 Å².